The van der Waals surface area contributed by atoms with E-state index in [9.17, 15) is 14.7 Å². The fourth-order valence-electron chi connectivity index (χ4n) is 3.65. The van der Waals surface area contributed by atoms with E-state index in [4.69, 9.17) is 9.47 Å². The molecule has 0 unspecified atom stereocenters. The van der Waals surface area contributed by atoms with Crippen molar-refractivity contribution < 1.29 is 24.2 Å². The highest BCUT2D eigenvalue weighted by Gasteiger charge is 2.46. The first kappa shape index (κ1) is 17.3. The zero-order valence-electron chi connectivity index (χ0n) is 14.6. The van der Waals surface area contributed by atoms with Gasteiger partial charge in [0.25, 0.3) is 5.91 Å². The average molecular weight is 345 g/mol. The predicted octanol–water partition coefficient (Wildman–Crippen LogP) is 2.72. The third-order valence-electron chi connectivity index (χ3n) is 5.23. The highest BCUT2D eigenvalue weighted by atomic mass is 16.5. The van der Waals surface area contributed by atoms with Gasteiger partial charge >= 0.3 is 5.97 Å². The number of carboxylic acid groups (broad SMARTS) is 1. The maximum Gasteiger partial charge on any atom is 0.329 e. The Morgan fingerprint density at radius 2 is 1.96 bits per heavy atom. The first-order valence-corrected chi connectivity index (χ1v) is 8.51. The van der Waals surface area contributed by atoms with Crippen molar-refractivity contribution in [1.82, 2.24) is 4.90 Å². The predicted molar refractivity (Wildman–Crippen MR) is 92.7 cm³/mol. The molecule has 6 nitrogen and oxygen atoms in total. The average Bonchev–Trinajstić information content (AvgIpc) is 2.66. The molecule has 1 aliphatic heterocycles. The Morgan fingerprint density at radius 1 is 1.24 bits per heavy atom. The topological polar surface area (TPSA) is 76.1 Å². The molecule has 1 saturated carbocycles. The largest absolute Gasteiger partial charge is 0.497 e. The quantitative estimate of drug-likeness (QED) is 0.908. The van der Waals surface area contributed by atoms with E-state index < -0.39 is 11.5 Å². The monoisotopic (exact) mass is 345 g/mol. The van der Waals surface area contributed by atoms with E-state index in [-0.39, 0.29) is 12.5 Å². The van der Waals surface area contributed by atoms with Gasteiger partial charge in [-0.05, 0) is 37.1 Å². The number of hydrogen-bond donors (Lipinski definition) is 1. The number of carboxylic acids is 1. The Labute approximate surface area is 147 Å². The van der Waals surface area contributed by atoms with Crippen LogP contribution in [0.5, 0.6) is 11.5 Å². The normalized spacial score (nSPS) is 18.4. The number of fused-ring (bicyclic) bond motifs is 1. The van der Waals surface area contributed by atoms with Crippen LogP contribution in [0.4, 0.5) is 0 Å². The maximum absolute atomic E-state index is 13.0. The van der Waals surface area contributed by atoms with E-state index in [2.05, 4.69) is 0 Å². The van der Waals surface area contributed by atoms with E-state index >= 15 is 0 Å². The Balaban J connectivity index is 1.89. The molecule has 0 atom stereocenters. The van der Waals surface area contributed by atoms with Gasteiger partial charge in [-0.2, -0.15) is 0 Å². The van der Waals surface area contributed by atoms with Gasteiger partial charge in [0, 0.05) is 12.6 Å². The Morgan fingerprint density at radius 3 is 2.60 bits per heavy atom. The molecule has 1 heterocycles. The third kappa shape index (κ3) is 3.08. The van der Waals surface area contributed by atoms with Crippen LogP contribution in [0, 0.1) is 0 Å². The van der Waals surface area contributed by atoms with Gasteiger partial charge in [0.05, 0.1) is 12.7 Å². The van der Waals surface area contributed by atoms with Crippen molar-refractivity contribution >= 4 is 18.0 Å². The molecule has 0 bridgehead atoms. The summed E-state index contributed by atoms with van der Waals surface area (Å²) in [5.74, 6) is 0.140. The van der Waals surface area contributed by atoms with Crippen LogP contribution in [0.3, 0.4) is 0 Å². The highest BCUT2D eigenvalue weighted by Crippen LogP contribution is 2.36. The third-order valence-corrected chi connectivity index (χ3v) is 5.23. The lowest BCUT2D eigenvalue weighted by atomic mass is 9.80. The molecule has 0 spiro atoms. The minimum Gasteiger partial charge on any atom is -0.497 e. The van der Waals surface area contributed by atoms with Gasteiger partial charge in [0.1, 0.15) is 23.6 Å². The van der Waals surface area contributed by atoms with E-state index in [0.29, 0.717) is 29.9 Å². The molecule has 1 N–H and O–H groups in total. The zero-order chi connectivity index (χ0) is 18.0. The molecule has 6 heteroatoms. The second-order valence-corrected chi connectivity index (χ2v) is 6.62. The van der Waals surface area contributed by atoms with Crippen molar-refractivity contribution in [1.29, 1.82) is 0 Å². The molecular weight excluding hydrogens is 322 g/mol. The van der Waals surface area contributed by atoms with Gasteiger partial charge in [-0.3, -0.25) is 4.79 Å². The lowest BCUT2D eigenvalue weighted by Crippen LogP contribution is -2.56. The Bertz CT molecular complexity index is 719. The molecule has 0 saturated heterocycles. The van der Waals surface area contributed by atoms with Crippen LogP contribution in [0.2, 0.25) is 0 Å². The second kappa shape index (κ2) is 6.78. The van der Waals surface area contributed by atoms with Crippen molar-refractivity contribution in [2.45, 2.75) is 37.6 Å². The number of rotatable bonds is 4. The summed E-state index contributed by atoms with van der Waals surface area (Å²) in [5.41, 5.74) is 0.0926. The van der Waals surface area contributed by atoms with Crippen molar-refractivity contribution in [2.24, 2.45) is 0 Å². The van der Waals surface area contributed by atoms with E-state index in [1.165, 1.54) is 4.90 Å². The van der Waals surface area contributed by atoms with Crippen LogP contribution in [-0.4, -0.2) is 48.2 Å². The summed E-state index contributed by atoms with van der Waals surface area (Å²) in [7, 11) is 3.17. The molecule has 25 heavy (non-hydrogen) atoms. The second-order valence-electron chi connectivity index (χ2n) is 6.62. The number of methoxy groups -OCH3 is 1. The highest BCUT2D eigenvalue weighted by molar-refractivity contribution is 6.01. The van der Waals surface area contributed by atoms with Crippen molar-refractivity contribution in [3.8, 4) is 11.5 Å². The van der Waals surface area contributed by atoms with Crippen LogP contribution in [-0.2, 0) is 9.59 Å². The van der Waals surface area contributed by atoms with Crippen LogP contribution in [0.25, 0.3) is 6.08 Å². The number of nitrogens with zero attached hydrogens (tertiary/aromatic N) is 1. The van der Waals surface area contributed by atoms with Crippen molar-refractivity contribution in [3.63, 3.8) is 0 Å². The van der Waals surface area contributed by atoms with Crippen LogP contribution in [0.15, 0.2) is 23.8 Å². The summed E-state index contributed by atoms with van der Waals surface area (Å²) < 4.78 is 10.9. The first-order chi connectivity index (χ1) is 12.0. The fraction of sp³-hybridized carbons (Fsp3) is 0.474. The number of carbonyl (C=O) groups is 2. The number of aliphatic carboxylic acids is 1. The number of carbonyl (C=O) groups excluding carboxylic acids is 1. The maximum atomic E-state index is 13.0. The minimum absolute atomic E-state index is 0.137. The molecule has 3 rings (SSSR count). The molecule has 1 aliphatic carbocycles. The minimum atomic E-state index is -1.12. The van der Waals surface area contributed by atoms with Gasteiger partial charge in [0.2, 0.25) is 0 Å². The van der Waals surface area contributed by atoms with Crippen LogP contribution < -0.4 is 9.47 Å². The standard InChI is InChI=1S/C19H23NO5/c1-20(19(18(22)23)8-4-3-5-9-19)17(21)14-10-13-11-15(24-2)6-7-16(13)25-12-14/h6-7,10-11H,3-5,8-9,12H2,1-2H3,(H,22,23). The molecule has 0 radical (unpaired) electrons. The first-order valence-electron chi connectivity index (χ1n) is 8.51. The molecule has 0 aromatic heterocycles. The SMILES string of the molecule is COc1ccc2c(c1)C=C(C(=O)N(C)C1(C(=O)O)CCCCC1)CO2. The molecule has 2 aliphatic rings. The van der Waals surface area contributed by atoms with E-state index in [0.717, 1.165) is 24.8 Å². The van der Waals surface area contributed by atoms with Gasteiger partial charge in [-0.15, -0.1) is 0 Å². The number of benzene rings is 1. The summed E-state index contributed by atoms with van der Waals surface area (Å²) in [4.78, 5) is 26.3. The smallest absolute Gasteiger partial charge is 0.329 e. The molecule has 1 aromatic carbocycles. The lowest BCUT2D eigenvalue weighted by Gasteiger charge is -2.41. The molecule has 1 fully saturated rings. The van der Waals surface area contributed by atoms with Gasteiger partial charge < -0.3 is 19.5 Å². The summed E-state index contributed by atoms with van der Waals surface area (Å²) in [6.07, 6.45) is 5.39. The van der Waals surface area contributed by atoms with Crippen molar-refractivity contribution in [3.05, 3.63) is 29.3 Å². The Kier molecular flexibility index (Phi) is 4.70. The van der Waals surface area contributed by atoms with Crippen molar-refractivity contribution in [2.75, 3.05) is 20.8 Å². The number of hydrogen-bond acceptors (Lipinski definition) is 4. The number of amides is 1. The molecule has 1 amide bonds. The number of likely N-dealkylation sites (N-methyl/N-ethyl adjacent to an activating group) is 1. The Hall–Kier alpha value is -2.50. The molecular formula is C19H23NO5. The lowest BCUT2D eigenvalue weighted by molar-refractivity contribution is -0.159. The zero-order valence-corrected chi connectivity index (χ0v) is 14.6. The fourth-order valence-corrected chi connectivity index (χ4v) is 3.65. The molecule has 1 aromatic rings. The van der Waals surface area contributed by atoms with E-state index in [1.54, 1.807) is 38.4 Å². The summed E-state index contributed by atoms with van der Waals surface area (Å²) in [6.45, 7) is 0.137. The van der Waals surface area contributed by atoms with Gasteiger partial charge in [0.15, 0.2) is 0 Å². The molecule has 134 valence electrons. The summed E-state index contributed by atoms with van der Waals surface area (Å²) in [6, 6.07) is 5.40. The van der Waals surface area contributed by atoms with E-state index in [1.807, 2.05) is 0 Å². The summed E-state index contributed by atoms with van der Waals surface area (Å²) >= 11 is 0. The van der Waals surface area contributed by atoms with Crippen LogP contribution >= 0.6 is 0 Å². The summed E-state index contributed by atoms with van der Waals surface area (Å²) in [5, 5.41) is 9.77. The van der Waals surface area contributed by atoms with Gasteiger partial charge in [-0.1, -0.05) is 19.3 Å². The number of ether oxygens (including phenoxy) is 2. The van der Waals surface area contributed by atoms with Gasteiger partial charge in [-0.25, -0.2) is 4.79 Å². The van der Waals surface area contributed by atoms with Crippen LogP contribution in [0.1, 0.15) is 37.7 Å².